The molecule has 0 aliphatic heterocycles. The lowest BCUT2D eigenvalue weighted by atomic mass is 10.0. The lowest BCUT2D eigenvalue weighted by molar-refractivity contribution is -0.144. The third-order valence-corrected chi connectivity index (χ3v) is 6.06. The summed E-state index contributed by atoms with van der Waals surface area (Å²) < 4.78 is 10.6. The molecule has 184 valence electrons. The summed E-state index contributed by atoms with van der Waals surface area (Å²) in [5.74, 6) is -0.0527. The molecule has 0 saturated carbocycles. The number of unbranched alkanes of at least 4 members (excludes halogenated alkanes) is 10. The molecule has 0 aromatic rings. The van der Waals surface area contributed by atoms with Gasteiger partial charge in [-0.15, -0.1) is 0 Å². The summed E-state index contributed by atoms with van der Waals surface area (Å²) in [6.07, 6.45) is 17.8. The van der Waals surface area contributed by atoms with E-state index < -0.39 is 0 Å². The van der Waals surface area contributed by atoms with E-state index in [9.17, 15) is 9.59 Å². The molecule has 0 aliphatic carbocycles. The van der Waals surface area contributed by atoms with Gasteiger partial charge in [0.05, 0.1) is 6.61 Å². The van der Waals surface area contributed by atoms with E-state index in [-0.39, 0.29) is 12.1 Å². The van der Waals surface area contributed by atoms with Gasteiger partial charge in [-0.2, -0.15) is 0 Å². The summed E-state index contributed by atoms with van der Waals surface area (Å²) in [5, 5.41) is 0. The predicted octanol–water partition coefficient (Wildman–Crippen LogP) is 6.67. The highest BCUT2D eigenvalue weighted by atomic mass is 16.5. The number of carbonyl (C=O) groups is 2. The summed E-state index contributed by atoms with van der Waals surface area (Å²) in [6, 6.07) is 0. The zero-order valence-electron chi connectivity index (χ0n) is 20.9. The Kier molecular flexibility index (Phi) is 22.7. The minimum Gasteiger partial charge on any atom is -0.466 e. The average molecular weight is 442 g/mol. The van der Waals surface area contributed by atoms with Gasteiger partial charge in [-0.05, 0) is 51.6 Å². The molecule has 0 radical (unpaired) electrons. The fraction of sp³-hybridized carbons (Fsp3) is 0.923. The summed E-state index contributed by atoms with van der Waals surface area (Å²) in [6.45, 7) is 10.8. The Balaban J connectivity index is 3.54. The van der Waals surface area contributed by atoms with Gasteiger partial charge in [-0.25, -0.2) is 0 Å². The second-order valence-corrected chi connectivity index (χ2v) is 8.67. The molecule has 0 spiro atoms. The molecule has 0 fully saturated rings. The Hall–Kier alpha value is -1.10. The smallest absolute Gasteiger partial charge is 0.305 e. The van der Waals surface area contributed by atoms with Crippen LogP contribution in [0.4, 0.5) is 0 Å². The first-order valence-electron chi connectivity index (χ1n) is 13.1. The van der Waals surface area contributed by atoms with Crippen LogP contribution in [0.15, 0.2) is 0 Å². The molecule has 1 atom stereocenters. The molecule has 0 rings (SSSR count). The maximum absolute atomic E-state index is 11.8. The lowest BCUT2D eigenvalue weighted by Gasteiger charge is -2.17. The number of rotatable bonds is 24. The van der Waals surface area contributed by atoms with E-state index in [2.05, 4.69) is 25.7 Å². The highest BCUT2D eigenvalue weighted by Crippen LogP contribution is 2.16. The number of ether oxygens (including phenoxy) is 2. The summed E-state index contributed by atoms with van der Waals surface area (Å²) in [5.41, 5.74) is 0. The monoisotopic (exact) mass is 441 g/mol. The predicted molar refractivity (Wildman–Crippen MR) is 129 cm³/mol. The van der Waals surface area contributed by atoms with Gasteiger partial charge in [0.1, 0.15) is 6.10 Å². The number of esters is 1. The first-order chi connectivity index (χ1) is 15.2. The first-order valence-corrected chi connectivity index (χ1v) is 13.1. The summed E-state index contributed by atoms with van der Waals surface area (Å²) >= 11 is 0. The van der Waals surface area contributed by atoms with Crippen LogP contribution in [-0.2, 0) is 19.1 Å². The van der Waals surface area contributed by atoms with Crippen molar-refractivity contribution in [1.82, 2.24) is 4.90 Å². The van der Waals surface area contributed by atoms with Gasteiger partial charge in [-0.3, -0.25) is 9.59 Å². The molecule has 0 heterocycles. The maximum Gasteiger partial charge on any atom is 0.305 e. The lowest BCUT2D eigenvalue weighted by Crippen LogP contribution is -2.25. The molecule has 0 saturated heterocycles. The van der Waals surface area contributed by atoms with Crippen LogP contribution < -0.4 is 0 Å². The van der Waals surface area contributed by atoms with Gasteiger partial charge in [0.15, 0.2) is 0 Å². The van der Waals surface area contributed by atoms with E-state index in [1.165, 1.54) is 44.9 Å². The van der Waals surface area contributed by atoms with Crippen LogP contribution in [0.25, 0.3) is 0 Å². The van der Waals surface area contributed by atoms with Crippen molar-refractivity contribution in [3.05, 3.63) is 0 Å². The van der Waals surface area contributed by atoms with Gasteiger partial charge < -0.3 is 14.4 Å². The number of hydrogen-bond acceptors (Lipinski definition) is 5. The van der Waals surface area contributed by atoms with E-state index in [4.69, 9.17) is 9.47 Å². The third-order valence-electron chi connectivity index (χ3n) is 6.06. The van der Waals surface area contributed by atoms with Crippen LogP contribution >= 0.6 is 0 Å². The summed E-state index contributed by atoms with van der Waals surface area (Å²) in [4.78, 5) is 24.9. The normalized spacial score (nSPS) is 12.1. The number of carbonyl (C=O) groups excluding carboxylic acids is 2. The van der Waals surface area contributed by atoms with Crippen LogP contribution in [0.1, 0.15) is 124 Å². The largest absolute Gasteiger partial charge is 0.466 e. The molecule has 1 unspecified atom stereocenters. The Bertz CT molecular complexity index is 399. The van der Waals surface area contributed by atoms with Gasteiger partial charge in [0.25, 0.3) is 6.47 Å². The molecule has 5 heteroatoms. The SMILES string of the molecule is CCCCCCCCC(CCCCCCCCC(=O)OCCCN(CC)CC)OC=O. The van der Waals surface area contributed by atoms with Crippen LogP contribution in [-0.4, -0.2) is 49.7 Å². The van der Waals surface area contributed by atoms with Gasteiger partial charge in [0.2, 0.25) is 0 Å². The molecule has 0 bridgehead atoms. The molecule has 0 N–H and O–H groups in total. The van der Waals surface area contributed by atoms with Crippen LogP contribution in [0.2, 0.25) is 0 Å². The molecule has 0 aromatic heterocycles. The standard InChI is InChI=1S/C26H51NO4/c1-4-7-8-9-12-15-19-25(31-24-28)20-16-13-10-11-14-17-21-26(29)30-23-18-22-27(5-2)6-3/h24-25H,4-23H2,1-3H3. The highest BCUT2D eigenvalue weighted by molar-refractivity contribution is 5.69. The fourth-order valence-electron chi connectivity index (χ4n) is 3.95. The van der Waals surface area contributed by atoms with E-state index in [1.807, 2.05) is 0 Å². The van der Waals surface area contributed by atoms with Crippen molar-refractivity contribution in [3.63, 3.8) is 0 Å². The topological polar surface area (TPSA) is 55.8 Å². The van der Waals surface area contributed by atoms with Gasteiger partial charge >= 0.3 is 5.97 Å². The van der Waals surface area contributed by atoms with Crippen molar-refractivity contribution in [3.8, 4) is 0 Å². The molecule has 31 heavy (non-hydrogen) atoms. The highest BCUT2D eigenvalue weighted by Gasteiger charge is 2.09. The van der Waals surface area contributed by atoms with Crippen LogP contribution in [0.5, 0.6) is 0 Å². The molecular formula is C26H51NO4. The van der Waals surface area contributed by atoms with Gasteiger partial charge in [-0.1, -0.05) is 78.6 Å². The molecule has 0 amide bonds. The van der Waals surface area contributed by atoms with E-state index in [0.29, 0.717) is 19.5 Å². The zero-order valence-corrected chi connectivity index (χ0v) is 20.9. The van der Waals surface area contributed by atoms with E-state index >= 15 is 0 Å². The van der Waals surface area contributed by atoms with Crippen LogP contribution in [0.3, 0.4) is 0 Å². The van der Waals surface area contributed by atoms with E-state index in [1.54, 1.807) is 0 Å². The van der Waals surface area contributed by atoms with Crippen molar-refractivity contribution < 1.29 is 19.1 Å². The molecule has 5 nitrogen and oxygen atoms in total. The van der Waals surface area contributed by atoms with Gasteiger partial charge in [0, 0.05) is 13.0 Å². The third kappa shape index (κ3) is 20.6. The van der Waals surface area contributed by atoms with Crippen molar-refractivity contribution in [1.29, 1.82) is 0 Å². The maximum atomic E-state index is 11.8. The molecule has 0 aliphatic rings. The Morgan fingerprint density at radius 3 is 1.87 bits per heavy atom. The van der Waals surface area contributed by atoms with Crippen molar-refractivity contribution >= 4 is 12.4 Å². The minimum absolute atomic E-state index is 0.0527. The van der Waals surface area contributed by atoms with Crippen LogP contribution in [0, 0.1) is 0 Å². The Labute approximate surface area is 192 Å². The molecule has 0 aromatic carbocycles. The summed E-state index contributed by atoms with van der Waals surface area (Å²) in [7, 11) is 0. The zero-order chi connectivity index (χ0) is 23.0. The number of nitrogens with zero attached hydrogens (tertiary/aromatic N) is 1. The molecular weight excluding hydrogens is 390 g/mol. The van der Waals surface area contributed by atoms with Crippen molar-refractivity contribution in [2.75, 3.05) is 26.2 Å². The fourth-order valence-corrected chi connectivity index (χ4v) is 3.95. The second kappa shape index (κ2) is 23.6. The average Bonchev–Trinajstić information content (AvgIpc) is 2.77. The Morgan fingerprint density at radius 2 is 1.32 bits per heavy atom. The minimum atomic E-state index is -0.0527. The quantitative estimate of drug-likeness (QED) is 0.0950. The van der Waals surface area contributed by atoms with E-state index in [0.717, 1.165) is 71.0 Å². The Morgan fingerprint density at radius 1 is 0.774 bits per heavy atom. The van der Waals surface area contributed by atoms with Crippen molar-refractivity contribution in [2.45, 2.75) is 130 Å². The second-order valence-electron chi connectivity index (χ2n) is 8.67. The first kappa shape index (κ1) is 29.9. The number of hydrogen-bond donors (Lipinski definition) is 0. The van der Waals surface area contributed by atoms with Crippen molar-refractivity contribution in [2.24, 2.45) is 0 Å².